The summed E-state index contributed by atoms with van der Waals surface area (Å²) in [6.07, 6.45) is 0.625. The fourth-order valence-corrected chi connectivity index (χ4v) is 2.44. The molecule has 1 saturated heterocycles. The molecule has 1 unspecified atom stereocenters. The summed E-state index contributed by atoms with van der Waals surface area (Å²) in [7, 11) is 1.57. The van der Waals surface area contributed by atoms with Gasteiger partial charge in [0.05, 0.1) is 6.04 Å². The average molecular weight is 321 g/mol. The van der Waals surface area contributed by atoms with Crippen molar-refractivity contribution < 1.29 is 18.8 Å². The molecule has 124 valence electrons. The SMILES string of the molecule is CC(NC(=O)CCCN1C(=O)CN(C)C1=O)c1ccc(F)cc1. The second kappa shape index (κ2) is 7.21. The second-order valence-electron chi connectivity index (χ2n) is 5.63. The molecule has 0 bridgehead atoms. The van der Waals surface area contributed by atoms with Crippen LogP contribution in [0.4, 0.5) is 9.18 Å². The van der Waals surface area contributed by atoms with E-state index in [0.29, 0.717) is 6.42 Å². The lowest BCUT2D eigenvalue weighted by molar-refractivity contribution is -0.126. The van der Waals surface area contributed by atoms with Crippen LogP contribution in [0.5, 0.6) is 0 Å². The van der Waals surface area contributed by atoms with Crippen LogP contribution in [0.2, 0.25) is 0 Å². The number of imide groups is 1. The zero-order valence-corrected chi connectivity index (χ0v) is 13.2. The van der Waals surface area contributed by atoms with E-state index in [0.717, 1.165) is 10.5 Å². The molecule has 2 rings (SSSR count). The van der Waals surface area contributed by atoms with Crippen LogP contribution in [0.3, 0.4) is 0 Å². The Morgan fingerprint density at radius 2 is 1.96 bits per heavy atom. The van der Waals surface area contributed by atoms with E-state index in [2.05, 4.69) is 5.32 Å². The lowest BCUT2D eigenvalue weighted by Gasteiger charge is -2.16. The maximum Gasteiger partial charge on any atom is 0.326 e. The Morgan fingerprint density at radius 1 is 1.30 bits per heavy atom. The summed E-state index contributed by atoms with van der Waals surface area (Å²) >= 11 is 0. The Labute approximate surface area is 134 Å². The summed E-state index contributed by atoms with van der Waals surface area (Å²) < 4.78 is 12.9. The van der Waals surface area contributed by atoms with E-state index in [-0.39, 0.29) is 49.2 Å². The predicted molar refractivity (Wildman–Crippen MR) is 81.9 cm³/mol. The average Bonchev–Trinajstić information content (AvgIpc) is 2.74. The Balaban J connectivity index is 1.76. The molecule has 1 heterocycles. The van der Waals surface area contributed by atoms with E-state index in [1.807, 2.05) is 6.92 Å². The van der Waals surface area contributed by atoms with E-state index < -0.39 is 0 Å². The molecule has 1 aromatic carbocycles. The number of nitrogens with one attached hydrogen (secondary N) is 1. The lowest BCUT2D eigenvalue weighted by Crippen LogP contribution is -2.33. The molecule has 1 fully saturated rings. The molecule has 0 aromatic heterocycles. The van der Waals surface area contributed by atoms with Crippen molar-refractivity contribution in [1.29, 1.82) is 0 Å². The highest BCUT2D eigenvalue weighted by molar-refractivity contribution is 6.01. The van der Waals surface area contributed by atoms with Crippen molar-refractivity contribution in [2.24, 2.45) is 0 Å². The summed E-state index contributed by atoms with van der Waals surface area (Å²) in [4.78, 5) is 37.7. The Hall–Kier alpha value is -2.44. The zero-order valence-electron chi connectivity index (χ0n) is 13.2. The van der Waals surface area contributed by atoms with Crippen molar-refractivity contribution >= 4 is 17.8 Å². The van der Waals surface area contributed by atoms with Gasteiger partial charge in [0.1, 0.15) is 12.4 Å². The van der Waals surface area contributed by atoms with Gasteiger partial charge in [-0.15, -0.1) is 0 Å². The minimum atomic E-state index is -0.324. The normalized spacial score (nSPS) is 16.0. The van der Waals surface area contributed by atoms with E-state index in [4.69, 9.17) is 0 Å². The van der Waals surface area contributed by atoms with E-state index in [9.17, 15) is 18.8 Å². The van der Waals surface area contributed by atoms with Crippen LogP contribution in [-0.4, -0.2) is 47.8 Å². The smallest absolute Gasteiger partial charge is 0.326 e. The molecule has 6 nitrogen and oxygen atoms in total. The van der Waals surface area contributed by atoms with Crippen LogP contribution >= 0.6 is 0 Å². The van der Waals surface area contributed by atoms with Crippen molar-refractivity contribution in [2.75, 3.05) is 20.1 Å². The van der Waals surface area contributed by atoms with E-state index in [1.165, 1.54) is 17.0 Å². The van der Waals surface area contributed by atoms with Gasteiger partial charge in [0.15, 0.2) is 0 Å². The number of hydrogen-bond donors (Lipinski definition) is 1. The molecular formula is C16H20FN3O3. The molecule has 0 radical (unpaired) electrons. The molecule has 23 heavy (non-hydrogen) atoms. The molecule has 0 spiro atoms. The van der Waals surface area contributed by atoms with Crippen LogP contribution in [-0.2, 0) is 9.59 Å². The number of nitrogens with zero attached hydrogens (tertiary/aromatic N) is 2. The first-order valence-electron chi connectivity index (χ1n) is 7.49. The van der Waals surface area contributed by atoms with Crippen LogP contribution in [0.15, 0.2) is 24.3 Å². The van der Waals surface area contributed by atoms with Gasteiger partial charge in [-0.05, 0) is 31.0 Å². The van der Waals surface area contributed by atoms with Crippen LogP contribution in [0, 0.1) is 5.82 Å². The molecule has 1 N–H and O–H groups in total. The third-order valence-electron chi connectivity index (χ3n) is 3.76. The minimum Gasteiger partial charge on any atom is -0.350 e. The Bertz CT molecular complexity index is 603. The van der Waals surface area contributed by atoms with Crippen molar-refractivity contribution in [3.8, 4) is 0 Å². The molecule has 4 amide bonds. The van der Waals surface area contributed by atoms with Crippen LogP contribution < -0.4 is 5.32 Å². The topological polar surface area (TPSA) is 69.7 Å². The predicted octanol–water partition coefficient (Wildman–Crippen LogP) is 1.68. The molecule has 1 atom stereocenters. The molecule has 7 heteroatoms. The second-order valence-corrected chi connectivity index (χ2v) is 5.63. The number of halogens is 1. The van der Waals surface area contributed by atoms with Crippen molar-refractivity contribution in [2.45, 2.75) is 25.8 Å². The number of amides is 4. The molecular weight excluding hydrogens is 301 g/mol. The van der Waals surface area contributed by atoms with Crippen molar-refractivity contribution in [3.63, 3.8) is 0 Å². The van der Waals surface area contributed by atoms with Gasteiger partial charge in [0, 0.05) is 20.0 Å². The van der Waals surface area contributed by atoms with Crippen molar-refractivity contribution in [3.05, 3.63) is 35.6 Å². The van der Waals surface area contributed by atoms with Gasteiger partial charge in [-0.2, -0.15) is 0 Å². The maximum absolute atomic E-state index is 12.9. The maximum atomic E-state index is 12.9. The summed E-state index contributed by atoms with van der Waals surface area (Å²) in [6, 6.07) is 5.38. The fourth-order valence-electron chi connectivity index (χ4n) is 2.44. The van der Waals surface area contributed by atoms with Gasteiger partial charge in [-0.3, -0.25) is 14.5 Å². The first kappa shape index (κ1) is 16.9. The van der Waals surface area contributed by atoms with Crippen LogP contribution in [0.25, 0.3) is 0 Å². The highest BCUT2D eigenvalue weighted by atomic mass is 19.1. The largest absolute Gasteiger partial charge is 0.350 e. The molecule has 1 aromatic rings. The summed E-state index contributed by atoms with van der Waals surface area (Å²) in [6.45, 7) is 2.14. The number of likely N-dealkylation sites (N-methyl/N-ethyl adjacent to an activating group) is 1. The number of urea groups is 1. The number of carbonyl (C=O) groups excluding carboxylic acids is 3. The number of benzene rings is 1. The molecule has 1 aliphatic heterocycles. The Morgan fingerprint density at radius 3 is 2.52 bits per heavy atom. The highest BCUT2D eigenvalue weighted by Crippen LogP contribution is 2.13. The fraction of sp³-hybridized carbons (Fsp3) is 0.438. The lowest BCUT2D eigenvalue weighted by atomic mass is 10.1. The summed E-state index contributed by atoms with van der Waals surface area (Å²) in [5.41, 5.74) is 0.811. The van der Waals surface area contributed by atoms with Gasteiger partial charge in [-0.25, -0.2) is 9.18 Å². The standard InChI is InChI=1S/C16H20FN3O3/c1-11(12-5-7-13(17)8-6-12)18-14(21)4-3-9-20-15(22)10-19(2)16(20)23/h5-8,11H,3-4,9-10H2,1-2H3,(H,18,21). The summed E-state index contributed by atoms with van der Waals surface area (Å²) in [5.74, 6) is -0.732. The molecule has 0 saturated carbocycles. The summed E-state index contributed by atoms with van der Waals surface area (Å²) in [5, 5.41) is 2.81. The van der Waals surface area contributed by atoms with E-state index >= 15 is 0 Å². The van der Waals surface area contributed by atoms with E-state index in [1.54, 1.807) is 19.2 Å². The minimum absolute atomic E-state index is 0.0899. The number of hydrogen-bond acceptors (Lipinski definition) is 3. The van der Waals surface area contributed by atoms with Gasteiger partial charge < -0.3 is 10.2 Å². The van der Waals surface area contributed by atoms with Gasteiger partial charge in [0.25, 0.3) is 0 Å². The molecule has 1 aliphatic rings. The Kier molecular flexibility index (Phi) is 5.31. The first-order valence-corrected chi connectivity index (χ1v) is 7.49. The number of carbonyl (C=O) groups is 3. The zero-order chi connectivity index (χ0) is 17.0. The van der Waals surface area contributed by atoms with Gasteiger partial charge in [0.2, 0.25) is 11.8 Å². The highest BCUT2D eigenvalue weighted by Gasteiger charge is 2.32. The third kappa shape index (κ3) is 4.28. The monoisotopic (exact) mass is 321 g/mol. The van der Waals surface area contributed by atoms with Gasteiger partial charge >= 0.3 is 6.03 Å². The van der Waals surface area contributed by atoms with Crippen LogP contribution in [0.1, 0.15) is 31.4 Å². The quantitative estimate of drug-likeness (QED) is 0.811. The van der Waals surface area contributed by atoms with Crippen molar-refractivity contribution in [1.82, 2.24) is 15.1 Å². The molecule has 0 aliphatic carbocycles. The third-order valence-corrected chi connectivity index (χ3v) is 3.76. The van der Waals surface area contributed by atoms with Gasteiger partial charge in [-0.1, -0.05) is 12.1 Å². The number of rotatable bonds is 6. The first-order chi connectivity index (χ1) is 10.9.